The number of amides is 1. The molecule has 6 nitrogen and oxygen atoms in total. The monoisotopic (exact) mass is 271 g/mol. The van der Waals surface area contributed by atoms with Crippen molar-refractivity contribution in [2.75, 3.05) is 32.8 Å². The molecule has 1 aliphatic rings. The minimum Gasteiger partial charge on any atom is -0.466 e. The number of hydrogen-bond acceptors (Lipinski definition) is 5. The molecule has 6 heteroatoms. The molecule has 0 aromatic carbocycles. The Labute approximate surface area is 114 Å². The van der Waals surface area contributed by atoms with Gasteiger partial charge >= 0.3 is 5.97 Å². The lowest BCUT2D eigenvalue weighted by molar-refractivity contribution is -0.143. The molecule has 0 saturated carbocycles. The van der Waals surface area contributed by atoms with Gasteiger partial charge in [-0.25, -0.2) is 0 Å². The number of rotatable bonds is 8. The number of carbonyl (C=O) groups excluding carboxylic acids is 2. The molecule has 1 saturated heterocycles. The van der Waals surface area contributed by atoms with Gasteiger partial charge < -0.3 is 20.7 Å². The van der Waals surface area contributed by atoms with E-state index in [4.69, 9.17) is 4.74 Å². The number of nitrogens with one attached hydrogen (secondary N) is 3. The van der Waals surface area contributed by atoms with Crippen molar-refractivity contribution in [1.82, 2.24) is 16.0 Å². The second-order valence-corrected chi connectivity index (χ2v) is 5.10. The van der Waals surface area contributed by atoms with Crippen LogP contribution in [0.25, 0.3) is 0 Å². The zero-order valence-electron chi connectivity index (χ0n) is 11.9. The van der Waals surface area contributed by atoms with E-state index in [1.807, 2.05) is 0 Å². The molecule has 1 atom stereocenters. The van der Waals surface area contributed by atoms with Crippen LogP contribution in [0.2, 0.25) is 0 Å². The highest BCUT2D eigenvalue weighted by atomic mass is 16.5. The molecule has 110 valence electrons. The third kappa shape index (κ3) is 6.54. The van der Waals surface area contributed by atoms with Crippen LogP contribution < -0.4 is 16.0 Å². The Bertz CT molecular complexity index is 302. The normalized spacial score (nSPS) is 22.2. The predicted molar refractivity (Wildman–Crippen MR) is 72.8 cm³/mol. The summed E-state index contributed by atoms with van der Waals surface area (Å²) in [6, 6.07) is 0. The van der Waals surface area contributed by atoms with Gasteiger partial charge in [-0.1, -0.05) is 0 Å². The van der Waals surface area contributed by atoms with E-state index >= 15 is 0 Å². The molecule has 1 heterocycles. The Balaban J connectivity index is 2.03. The minimum atomic E-state index is -0.209. The summed E-state index contributed by atoms with van der Waals surface area (Å²) in [5, 5.41) is 9.32. The standard InChI is InChI=1S/C13H25N3O3/c1-3-19-12(18)5-4-7-15-11(17)9-16-13(2)6-8-14-10-13/h14,16H,3-10H2,1-2H3,(H,15,17). The summed E-state index contributed by atoms with van der Waals surface area (Å²) in [4.78, 5) is 22.7. The van der Waals surface area contributed by atoms with Crippen molar-refractivity contribution in [2.24, 2.45) is 0 Å². The van der Waals surface area contributed by atoms with Crippen LogP contribution >= 0.6 is 0 Å². The molecule has 1 fully saturated rings. The van der Waals surface area contributed by atoms with Gasteiger partial charge in [0.2, 0.25) is 5.91 Å². The van der Waals surface area contributed by atoms with Crippen molar-refractivity contribution in [3.63, 3.8) is 0 Å². The van der Waals surface area contributed by atoms with Gasteiger partial charge in [-0.15, -0.1) is 0 Å². The van der Waals surface area contributed by atoms with Crippen molar-refractivity contribution in [2.45, 2.75) is 38.6 Å². The van der Waals surface area contributed by atoms with Crippen molar-refractivity contribution < 1.29 is 14.3 Å². The Morgan fingerprint density at radius 3 is 2.84 bits per heavy atom. The SMILES string of the molecule is CCOC(=O)CCCNC(=O)CNC1(C)CCNC1. The van der Waals surface area contributed by atoms with Gasteiger partial charge in [0.1, 0.15) is 0 Å². The summed E-state index contributed by atoms with van der Waals surface area (Å²) in [5.74, 6) is -0.239. The average Bonchev–Trinajstić information content (AvgIpc) is 2.80. The highest BCUT2D eigenvalue weighted by Gasteiger charge is 2.27. The first-order chi connectivity index (χ1) is 9.06. The van der Waals surface area contributed by atoms with E-state index in [-0.39, 0.29) is 17.4 Å². The summed E-state index contributed by atoms with van der Waals surface area (Å²) < 4.78 is 4.81. The largest absolute Gasteiger partial charge is 0.466 e. The van der Waals surface area contributed by atoms with Crippen molar-refractivity contribution in [3.05, 3.63) is 0 Å². The molecule has 1 amide bonds. The van der Waals surface area contributed by atoms with E-state index in [1.165, 1.54) is 0 Å². The molecule has 19 heavy (non-hydrogen) atoms. The summed E-state index contributed by atoms with van der Waals surface area (Å²) in [6.07, 6.45) is 2.00. The lowest BCUT2D eigenvalue weighted by atomic mass is 10.0. The van der Waals surface area contributed by atoms with Crippen LogP contribution in [0.1, 0.15) is 33.1 Å². The highest BCUT2D eigenvalue weighted by molar-refractivity contribution is 5.78. The van der Waals surface area contributed by atoms with Gasteiger partial charge in [-0.05, 0) is 33.2 Å². The molecule has 1 unspecified atom stereocenters. The van der Waals surface area contributed by atoms with Gasteiger partial charge in [0, 0.05) is 25.0 Å². The second kappa shape index (κ2) is 8.12. The molecule has 1 rings (SSSR count). The third-order valence-electron chi connectivity index (χ3n) is 3.23. The average molecular weight is 271 g/mol. The van der Waals surface area contributed by atoms with Crippen LogP contribution in [-0.4, -0.2) is 50.2 Å². The van der Waals surface area contributed by atoms with E-state index in [0.717, 1.165) is 19.5 Å². The minimum absolute atomic E-state index is 0.0161. The van der Waals surface area contributed by atoms with Gasteiger partial charge in [0.15, 0.2) is 0 Å². The van der Waals surface area contributed by atoms with Crippen molar-refractivity contribution in [3.8, 4) is 0 Å². The van der Waals surface area contributed by atoms with Crippen LogP contribution in [0.15, 0.2) is 0 Å². The van der Waals surface area contributed by atoms with Gasteiger partial charge in [-0.2, -0.15) is 0 Å². The Morgan fingerprint density at radius 1 is 1.42 bits per heavy atom. The maximum absolute atomic E-state index is 11.6. The van der Waals surface area contributed by atoms with Gasteiger partial charge in [-0.3, -0.25) is 9.59 Å². The highest BCUT2D eigenvalue weighted by Crippen LogP contribution is 2.12. The fraction of sp³-hybridized carbons (Fsp3) is 0.846. The molecule has 0 radical (unpaired) electrons. The van der Waals surface area contributed by atoms with Gasteiger partial charge in [0.05, 0.1) is 13.2 Å². The van der Waals surface area contributed by atoms with Crippen LogP contribution in [0, 0.1) is 0 Å². The molecule has 0 aromatic rings. The second-order valence-electron chi connectivity index (χ2n) is 5.10. The summed E-state index contributed by atoms with van der Waals surface area (Å²) >= 11 is 0. The fourth-order valence-corrected chi connectivity index (χ4v) is 2.02. The molecule has 0 spiro atoms. The number of carbonyl (C=O) groups is 2. The zero-order chi connectivity index (χ0) is 14.1. The summed E-state index contributed by atoms with van der Waals surface area (Å²) in [6.45, 7) is 7.01. The Morgan fingerprint density at radius 2 is 2.21 bits per heavy atom. The van der Waals surface area contributed by atoms with Crippen LogP contribution in [0.3, 0.4) is 0 Å². The molecular formula is C13H25N3O3. The summed E-state index contributed by atoms with van der Waals surface area (Å²) in [5.41, 5.74) is 0.0161. The smallest absolute Gasteiger partial charge is 0.305 e. The number of ether oxygens (including phenoxy) is 1. The van der Waals surface area contributed by atoms with E-state index in [1.54, 1.807) is 6.92 Å². The van der Waals surface area contributed by atoms with Gasteiger partial charge in [0.25, 0.3) is 0 Å². The molecule has 1 aliphatic heterocycles. The predicted octanol–water partition coefficient (Wildman–Crippen LogP) is -0.212. The first-order valence-corrected chi connectivity index (χ1v) is 6.94. The zero-order valence-corrected chi connectivity index (χ0v) is 11.9. The fourth-order valence-electron chi connectivity index (χ4n) is 2.02. The van der Waals surface area contributed by atoms with Crippen molar-refractivity contribution >= 4 is 11.9 Å². The first-order valence-electron chi connectivity index (χ1n) is 6.94. The molecule has 0 bridgehead atoms. The lowest BCUT2D eigenvalue weighted by Gasteiger charge is -2.24. The molecular weight excluding hydrogens is 246 g/mol. The maximum Gasteiger partial charge on any atom is 0.305 e. The van der Waals surface area contributed by atoms with Crippen LogP contribution in [-0.2, 0) is 14.3 Å². The first kappa shape index (κ1) is 15.9. The van der Waals surface area contributed by atoms with Crippen LogP contribution in [0.5, 0.6) is 0 Å². The maximum atomic E-state index is 11.6. The van der Waals surface area contributed by atoms with E-state index in [0.29, 0.717) is 32.5 Å². The molecule has 3 N–H and O–H groups in total. The van der Waals surface area contributed by atoms with E-state index in [2.05, 4.69) is 22.9 Å². The molecule has 0 aliphatic carbocycles. The quantitative estimate of drug-likeness (QED) is 0.420. The van der Waals surface area contributed by atoms with E-state index in [9.17, 15) is 9.59 Å². The molecule has 0 aromatic heterocycles. The van der Waals surface area contributed by atoms with Crippen molar-refractivity contribution in [1.29, 1.82) is 0 Å². The van der Waals surface area contributed by atoms with E-state index < -0.39 is 0 Å². The topological polar surface area (TPSA) is 79.5 Å². The number of hydrogen-bond donors (Lipinski definition) is 3. The number of esters is 1. The lowest BCUT2D eigenvalue weighted by Crippen LogP contribution is -2.48. The third-order valence-corrected chi connectivity index (χ3v) is 3.23. The Kier molecular flexibility index (Phi) is 6.80. The van der Waals surface area contributed by atoms with Crippen LogP contribution in [0.4, 0.5) is 0 Å². The summed E-state index contributed by atoms with van der Waals surface area (Å²) in [7, 11) is 0. The Hall–Kier alpha value is -1.14.